The second kappa shape index (κ2) is 5.42. The van der Waals surface area contributed by atoms with Crippen molar-refractivity contribution in [3.05, 3.63) is 16.5 Å². The molecule has 0 atom stereocenters. The van der Waals surface area contributed by atoms with Gasteiger partial charge in [0.15, 0.2) is 0 Å². The summed E-state index contributed by atoms with van der Waals surface area (Å²) < 4.78 is 22.8. The molecule has 0 aromatic carbocycles. The maximum Gasteiger partial charge on any atom is 0.271 e. The van der Waals surface area contributed by atoms with Crippen LogP contribution in [-0.2, 0) is 9.05 Å². The van der Waals surface area contributed by atoms with Gasteiger partial charge in [0.2, 0.25) is 0 Å². The third-order valence-corrected chi connectivity index (χ3v) is 6.83. The average molecular weight is 324 g/mol. The molecule has 0 unspecified atom stereocenters. The number of carbonyl (C=O) groups is 1. The second-order valence-electron chi connectivity index (χ2n) is 5.03. The third-order valence-electron chi connectivity index (χ3n) is 3.52. The Morgan fingerprint density at radius 3 is 2.37 bits per heavy atom. The Labute approximate surface area is 122 Å². The molecule has 0 bridgehead atoms. The van der Waals surface area contributed by atoms with Crippen LogP contribution in [0.25, 0.3) is 0 Å². The minimum Gasteiger partial charge on any atom is -0.337 e. The molecule has 1 rings (SSSR count). The van der Waals surface area contributed by atoms with E-state index >= 15 is 0 Å². The number of thiophene rings is 1. The Bertz CT molecular complexity index is 590. The molecule has 0 fully saturated rings. The van der Waals surface area contributed by atoms with Crippen LogP contribution in [0.4, 0.5) is 0 Å². The fourth-order valence-corrected chi connectivity index (χ4v) is 4.09. The molecule has 0 aliphatic carbocycles. The molecule has 1 aromatic heterocycles. The number of rotatable bonds is 4. The molecule has 0 saturated heterocycles. The molecule has 7 heteroatoms. The molecule has 0 N–H and O–H groups in total. The van der Waals surface area contributed by atoms with E-state index in [0.29, 0.717) is 11.1 Å². The summed E-state index contributed by atoms with van der Waals surface area (Å²) in [4.78, 5) is 14.0. The fourth-order valence-electron chi connectivity index (χ4n) is 1.54. The Kier molecular flexibility index (Phi) is 4.70. The summed E-state index contributed by atoms with van der Waals surface area (Å²) in [6, 6.07) is 0. The molecule has 4 nitrogen and oxygen atoms in total. The van der Waals surface area contributed by atoms with Crippen molar-refractivity contribution >= 4 is 37.0 Å². The lowest BCUT2D eigenvalue weighted by Gasteiger charge is -2.34. The van der Waals surface area contributed by atoms with Gasteiger partial charge in [-0.3, -0.25) is 4.79 Å². The van der Waals surface area contributed by atoms with Gasteiger partial charge in [0.1, 0.15) is 4.21 Å². The van der Waals surface area contributed by atoms with Crippen LogP contribution in [0.2, 0.25) is 0 Å². The zero-order valence-electron chi connectivity index (χ0n) is 11.7. The first-order valence-corrected chi connectivity index (χ1v) is 9.02. The van der Waals surface area contributed by atoms with Crippen LogP contribution < -0.4 is 0 Å². The molecular weight excluding hydrogens is 306 g/mol. The summed E-state index contributed by atoms with van der Waals surface area (Å²) in [5.74, 6) is -0.188. The third kappa shape index (κ3) is 3.30. The highest BCUT2D eigenvalue weighted by Gasteiger charge is 2.30. The molecule has 19 heavy (non-hydrogen) atoms. The van der Waals surface area contributed by atoms with Crippen molar-refractivity contribution in [3.8, 4) is 0 Å². The molecule has 1 amide bonds. The van der Waals surface area contributed by atoms with Crippen molar-refractivity contribution in [1.82, 2.24) is 4.90 Å². The summed E-state index contributed by atoms with van der Waals surface area (Å²) >= 11 is 0.980. The van der Waals surface area contributed by atoms with E-state index in [-0.39, 0.29) is 15.7 Å². The average Bonchev–Trinajstić information content (AvgIpc) is 2.68. The van der Waals surface area contributed by atoms with Gasteiger partial charge < -0.3 is 4.90 Å². The van der Waals surface area contributed by atoms with E-state index in [2.05, 4.69) is 0 Å². The van der Waals surface area contributed by atoms with Crippen LogP contribution in [0.15, 0.2) is 9.59 Å². The van der Waals surface area contributed by atoms with Crippen LogP contribution in [0.5, 0.6) is 0 Å². The minimum absolute atomic E-state index is 0.0419. The number of hydrogen-bond donors (Lipinski definition) is 0. The van der Waals surface area contributed by atoms with Crippen LogP contribution in [0.3, 0.4) is 0 Å². The van der Waals surface area contributed by atoms with Gasteiger partial charge in [-0.15, -0.1) is 11.3 Å². The summed E-state index contributed by atoms with van der Waals surface area (Å²) in [7, 11) is 3.26. The van der Waals surface area contributed by atoms with E-state index in [4.69, 9.17) is 10.7 Å². The van der Waals surface area contributed by atoms with Crippen LogP contribution in [-0.4, -0.2) is 31.8 Å². The standard InChI is InChI=1S/C12H18ClNO3S2/c1-6-12(3,4)14(5)10(15)9-7-18-11(8(9)2)19(13,16)17/h7H,6H2,1-5H3. The van der Waals surface area contributed by atoms with E-state index in [1.807, 2.05) is 20.8 Å². The fraction of sp³-hybridized carbons (Fsp3) is 0.583. The maximum absolute atomic E-state index is 12.4. The van der Waals surface area contributed by atoms with Crippen LogP contribution >= 0.6 is 22.0 Å². The first kappa shape index (κ1) is 16.5. The largest absolute Gasteiger partial charge is 0.337 e. The lowest BCUT2D eigenvalue weighted by atomic mass is 9.99. The van der Waals surface area contributed by atoms with Gasteiger partial charge in [0.05, 0.1) is 5.56 Å². The predicted octanol–water partition coefficient (Wildman–Crippen LogP) is 3.24. The second-order valence-corrected chi connectivity index (χ2v) is 8.67. The molecule has 0 aliphatic heterocycles. The highest BCUT2D eigenvalue weighted by molar-refractivity contribution is 8.15. The summed E-state index contributed by atoms with van der Waals surface area (Å²) in [6.45, 7) is 7.53. The smallest absolute Gasteiger partial charge is 0.271 e. The number of amides is 1. The predicted molar refractivity (Wildman–Crippen MR) is 78.6 cm³/mol. The quantitative estimate of drug-likeness (QED) is 0.799. The van der Waals surface area contributed by atoms with Crippen molar-refractivity contribution in [2.75, 3.05) is 7.05 Å². The number of carbonyl (C=O) groups excluding carboxylic acids is 1. The summed E-state index contributed by atoms with van der Waals surface area (Å²) in [5, 5.41) is 1.55. The molecule has 0 spiro atoms. The number of halogens is 1. The van der Waals surface area contributed by atoms with Gasteiger partial charge in [0.25, 0.3) is 15.0 Å². The normalized spacial score (nSPS) is 12.5. The van der Waals surface area contributed by atoms with Crippen molar-refractivity contribution in [2.45, 2.75) is 43.9 Å². The van der Waals surface area contributed by atoms with Gasteiger partial charge in [-0.2, -0.15) is 0 Å². The maximum atomic E-state index is 12.4. The first-order valence-electron chi connectivity index (χ1n) is 5.83. The number of nitrogens with zero attached hydrogens (tertiary/aromatic N) is 1. The van der Waals surface area contributed by atoms with E-state index in [0.717, 1.165) is 17.8 Å². The minimum atomic E-state index is -3.79. The van der Waals surface area contributed by atoms with Crippen molar-refractivity contribution < 1.29 is 13.2 Å². The monoisotopic (exact) mass is 323 g/mol. The molecule has 0 aliphatic rings. The zero-order chi connectivity index (χ0) is 15.0. The number of hydrogen-bond acceptors (Lipinski definition) is 4. The van der Waals surface area contributed by atoms with Gasteiger partial charge in [0, 0.05) is 28.6 Å². The van der Waals surface area contributed by atoms with E-state index < -0.39 is 9.05 Å². The van der Waals surface area contributed by atoms with E-state index in [9.17, 15) is 13.2 Å². The van der Waals surface area contributed by atoms with Gasteiger partial charge in [-0.1, -0.05) is 6.92 Å². The lowest BCUT2D eigenvalue weighted by molar-refractivity contribution is 0.0620. The molecular formula is C12H18ClNO3S2. The summed E-state index contributed by atoms with van der Waals surface area (Å²) in [6.07, 6.45) is 0.805. The van der Waals surface area contributed by atoms with Crippen LogP contribution in [0.1, 0.15) is 43.1 Å². The molecule has 1 aromatic rings. The van der Waals surface area contributed by atoms with Gasteiger partial charge in [-0.25, -0.2) is 8.42 Å². The van der Waals surface area contributed by atoms with Crippen molar-refractivity contribution in [1.29, 1.82) is 0 Å². The highest BCUT2D eigenvalue weighted by atomic mass is 35.7. The Morgan fingerprint density at radius 2 is 2.00 bits per heavy atom. The first-order chi connectivity index (χ1) is 8.52. The zero-order valence-corrected chi connectivity index (χ0v) is 14.0. The van der Waals surface area contributed by atoms with Crippen molar-refractivity contribution in [3.63, 3.8) is 0 Å². The molecule has 1 heterocycles. The molecule has 0 radical (unpaired) electrons. The van der Waals surface area contributed by atoms with E-state index in [1.165, 1.54) is 0 Å². The van der Waals surface area contributed by atoms with Crippen molar-refractivity contribution in [2.24, 2.45) is 0 Å². The SMILES string of the molecule is CCC(C)(C)N(C)C(=O)c1csc(S(=O)(=O)Cl)c1C. The molecule has 108 valence electrons. The van der Waals surface area contributed by atoms with E-state index in [1.54, 1.807) is 24.3 Å². The van der Waals surface area contributed by atoms with Gasteiger partial charge in [-0.05, 0) is 32.8 Å². The van der Waals surface area contributed by atoms with Crippen LogP contribution in [0, 0.1) is 6.92 Å². The topological polar surface area (TPSA) is 54.5 Å². The Hall–Kier alpha value is -0.590. The Balaban J connectivity index is 3.20. The highest BCUT2D eigenvalue weighted by Crippen LogP contribution is 2.31. The summed E-state index contributed by atoms with van der Waals surface area (Å²) in [5.41, 5.74) is 0.530. The Morgan fingerprint density at radius 1 is 1.47 bits per heavy atom. The van der Waals surface area contributed by atoms with Gasteiger partial charge >= 0.3 is 0 Å². The molecule has 0 saturated carbocycles. The lowest BCUT2D eigenvalue weighted by Crippen LogP contribution is -2.44.